The minimum absolute atomic E-state index is 0.0228. The maximum atomic E-state index is 13.1. The summed E-state index contributed by atoms with van der Waals surface area (Å²) in [5.41, 5.74) is -7.42. The van der Waals surface area contributed by atoms with E-state index in [-0.39, 0.29) is 44.1 Å². The van der Waals surface area contributed by atoms with Gasteiger partial charge in [-0.2, -0.15) is 0 Å². The lowest BCUT2D eigenvalue weighted by Crippen LogP contribution is -2.79. The minimum atomic E-state index is -1.88. The van der Waals surface area contributed by atoms with Crippen LogP contribution in [0, 0.1) is 28.6 Å². The van der Waals surface area contributed by atoms with Gasteiger partial charge in [0, 0.05) is 41.1 Å². The highest BCUT2D eigenvalue weighted by atomic mass is 16.8. The van der Waals surface area contributed by atoms with E-state index in [2.05, 4.69) is 6.92 Å². The molecule has 8 fully saturated rings. The van der Waals surface area contributed by atoms with E-state index in [4.69, 9.17) is 61.6 Å². The van der Waals surface area contributed by atoms with Crippen LogP contribution in [0.15, 0.2) is 0 Å². The predicted octanol–water partition coefficient (Wildman–Crippen LogP) is 1.27. The van der Waals surface area contributed by atoms with Gasteiger partial charge in [0.15, 0.2) is 25.2 Å². The fourth-order valence-corrected chi connectivity index (χ4v) is 15.4. The molecule has 78 heavy (non-hydrogen) atoms. The first-order valence-electron chi connectivity index (χ1n) is 28.4. The molecule has 8 rings (SSSR count). The number of rotatable bonds is 17. The van der Waals surface area contributed by atoms with Crippen LogP contribution in [-0.4, -0.2) is 226 Å². The summed E-state index contributed by atoms with van der Waals surface area (Å²) in [6.45, 7) is 15.1. The summed E-state index contributed by atoms with van der Waals surface area (Å²) < 4.78 is 80.0. The fourth-order valence-electron chi connectivity index (χ4n) is 15.4. The zero-order valence-electron chi connectivity index (χ0n) is 47.5. The largest absolute Gasteiger partial charge is 0.462 e. The van der Waals surface area contributed by atoms with E-state index >= 15 is 0 Å². The van der Waals surface area contributed by atoms with Gasteiger partial charge in [-0.25, -0.2) is 0 Å². The molecule has 4 saturated carbocycles. The Labute approximate surface area is 458 Å². The maximum Gasteiger partial charge on any atom is 0.309 e. The van der Waals surface area contributed by atoms with Crippen LogP contribution in [0.2, 0.25) is 0 Å². The molecule has 450 valence electrons. The summed E-state index contributed by atoms with van der Waals surface area (Å²) in [6.07, 6.45) is -16.3. The van der Waals surface area contributed by atoms with Crippen molar-refractivity contribution in [2.24, 2.45) is 28.6 Å². The van der Waals surface area contributed by atoms with E-state index in [1.165, 1.54) is 21.1 Å². The molecule has 8 aliphatic rings. The standard InChI is InChI=1S/C55H92O23/c1-13-25(2)48(62)72-29(6)53(63)18-19-55(65)52(53,9)37(73-30(7)57)23-36-51(8)16-15-32(20-31(51)14-17-54(36,55)64)74-38-21-33(66-10)44(26(3)69-38)76-39-22-34(67-11)45(27(4)70-39)77-50-43(61)47(68-12)46(28(5)71-50)78-49-42(60)41(59)40(58)35(24-56)75-49/h25-29,31-47,49-50,56,58-61,63-65H,13-24H2,1-12H3/t25?,26-,27-,28-,29+,31+,32+,33+,34-,35-,36-,37-,38+,39+,40-,41+,42-,43-,44-,45-,46-,47-,49+,50+,51+,52-,53-,54+,55-/m1/s1. The molecule has 0 spiro atoms. The van der Waals surface area contributed by atoms with Crippen LogP contribution in [0.25, 0.3) is 0 Å². The molecule has 0 radical (unpaired) electrons. The van der Waals surface area contributed by atoms with Crippen LogP contribution < -0.4 is 0 Å². The monoisotopic (exact) mass is 1120 g/mol. The third-order valence-corrected chi connectivity index (χ3v) is 20.4. The molecule has 4 saturated heterocycles. The summed E-state index contributed by atoms with van der Waals surface area (Å²) in [4.78, 5) is 25.9. The topological polar surface area (TPSA) is 316 Å². The molecular weight excluding hydrogens is 1030 g/mol. The zero-order chi connectivity index (χ0) is 57.2. The van der Waals surface area contributed by atoms with Gasteiger partial charge in [-0.3, -0.25) is 9.59 Å². The first-order valence-corrected chi connectivity index (χ1v) is 28.4. The van der Waals surface area contributed by atoms with Crippen molar-refractivity contribution in [3.63, 3.8) is 0 Å². The van der Waals surface area contributed by atoms with Gasteiger partial charge in [-0.15, -0.1) is 0 Å². The summed E-state index contributed by atoms with van der Waals surface area (Å²) in [7, 11) is 4.51. The number of hydrogen-bond donors (Lipinski definition) is 8. The number of fused-ring (bicyclic) bond motifs is 5. The number of hydrogen-bond acceptors (Lipinski definition) is 23. The number of ether oxygens (including phenoxy) is 13. The van der Waals surface area contributed by atoms with Gasteiger partial charge < -0.3 is 102 Å². The lowest BCUT2D eigenvalue weighted by molar-refractivity contribution is -0.373. The second-order valence-corrected chi connectivity index (χ2v) is 24.4. The molecule has 0 aromatic carbocycles. The average molecular weight is 1120 g/mol. The molecule has 29 atom stereocenters. The Bertz CT molecular complexity index is 2040. The van der Waals surface area contributed by atoms with Crippen molar-refractivity contribution in [3.05, 3.63) is 0 Å². The third kappa shape index (κ3) is 10.8. The van der Waals surface area contributed by atoms with Gasteiger partial charge >= 0.3 is 11.9 Å². The Morgan fingerprint density at radius 3 is 1.83 bits per heavy atom. The number of carbonyl (C=O) groups is 2. The van der Waals surface area contributed by atoms with E-state index in [0.717, 1.165) is 0 Å². The summed E-state index contributed by atoms with van der Waals surface area (Å²) in [5, 5.41) is 91.2. The fraction of sp³-hybridized carbons (Fsp3) is 0.964. The second kappa shape index (κ2) is 24.0. The van der Waals surface area contributed by atoms with Gasteiger partial charge in [-0.1, -0.05) is 27.7 Å². The van der Waals surface area contributed by atoms with Gasteiger partial charge in [0.2, 0.25) is 0 Å². The molecule has 1 unspecified atom stereocenters. The summed E-state index contributed by atoms with van der Waals surface area (Å²) >= 11 is 0. The van der Waals surface area contributed by atoms with E-state index in [1.807, 2.05) is 13.8 Å². The number of aliphatic hydroxyl groups is 8. The highest BCUT2D eigenvalue weighted by Crippen LogP contribution is 2.72. The van der Waals surface area contributed by atoms with Crippen LogP contribution in [-0.2, 0) is 71.2 Å². The Morgan fingerprint density at radius 2 is 1.24 bits per heavy atom. The molecule has 0 amide bonds. The van der Waals surface area contributed by atoms with Gasteiger partial charge in [-0.05, 0) is 103 Å². The van der Waals surface area contributed by atoms with Crippen LogP contribution in [0.3, 0.4) is 0 Å². The van der Waals surface area contributed by atoms with Crippen LogP contribution in [0.5, 0.6) is 0 Å². The van der Waals surface area contributed by atoms with E-state index in [1.54, 1.807) is 41.7 Å². The average Bonchev–Trinajstić information content (AvgIpc) is 3.40. The van der Waals surface area contributed by atoms with Gasteiger partial charge in [0.1, 0.15) is 78.3 Å². The Hall–Kier alpha value is -1.82. The molecule has 23 heteroatoms. The number of carbonyl (C=O) groups excluding carboxylic acids is 2. The Morgan fingerprint density at radius 1 is 0.654 bits per heavy atom. The highest BCUT2D eigenvalue weighted by Gasteiger charge is 2.82. The van der Waals surface area contributed by atoms with E-state index < -0.39 is 181 Å². The Balaban J connectivity index is 0.869. The molecular formula is C55H92O23. The van der Waals surface area contributed by atoms with Crippen molar-refractivity contribution < 1.29 is 112 Å². The van der Waals surface area contributed by atoms with Crippen molar-refractivity contribution >= 4 is 11.9 Å². The molecule has 23 nitrogen and oxygen atoms in total. The first kappa shape index (κ1) is 62.2. The molecule has 4 aliphatic carbocycles. The smallest absolute Gasteiger partial charge is 0.309 e. The second-order valence-electron chi connectivity index (χ2n) is 24.4. The van der Waals surface area contributed by atoms with Crippen molar-refractivity contribution in [2.45, 2.75) is 279 Å². The number of aliphatic hydroxyl groups excluding tert-OH is 5. The molecule has 4 aliphatic heterocycles. The van der Waals surface area contributed by atoms with Crippen molar-refractivity contribution in [3.8, 4) is 0 Å². The maximum absolute atomic E-state index is 13.1. The van der Waals surface area contributed by atoms with Crippen molar-refractivity contribution in [2.75, 3.05) is 27.9 Å². The zero-order valence-corrected chi connectivity index (χ0v) is 47.5. The Kier molecular flexibility index (Phi) is 19.2. The SMILES string of the molecule is CCC(C)C(=O)O[C@@H](C)[C@]1(O)CC[C@@]2(O)[C@]1(C)[C@H](OC(C)=O)C[C@@H]1[C@@]3(C)CC[C@H](O[C@H]4C[C@H](OC)[C@H](O[C@H]5C[C@@H](OC)[C@H](O[C@@H]6O[C@H](C)[C@@H](O[C@@H]7O[C@H](CO)[C@@H](O)[C@H](O)[C@H]7O)[C@H](OC)[C@H]6O)[C@@H](C)O5)[C@@H](C)O4)C[C@@H]3CC[C@]12O. The van der Waals surface area contributed by atoms with Crippen LogP contribution in [0.4, 0.5) is 0 Å². The molecule has 8 N–H and O–H groups in total. The lowest BCUT2D eigenvalue weighted by atomic mass is 9.40. The van der Waals surface area contributed by atoms with Gasteiger partial charge in [0.25, 0.3) is 0 Å². The van der Waals surface area contributed by atoms with Crippen molar-refractivity contribution in [1.29, 1.82) is 0 Å². The minimum Gasteiger partial charge on any atom is -0.462 e. The van der Waals surface area contributed by atoms with Crippen molar-refractivity contribution in [1.82, 2.24) is 0 Å². The normalized spacial score (nSPS) is 51.3. The molecule has 0 aromatic heterocycles. The quantitative estimate of drug-likeness (QED) is 0.0751. The molecule has 4 heterocycles. The molecule has 0 aromatic rings. The predicted molar refractivity (Wildman–Crippen MR) is 269 cm³/mol. The number of esters is 2. The van der Waals surface area contributed by atoms with E-state index in [9.17, 15) is 50.4 Å². The number of methoxy groups -OCH3 is 3. The highest BCUT2D eigenvalue weighted by molar-refractivity contribution is 5.72. The third-order valence-electron chi connectivity index (χ3n) is 20.4. The van der Waals surface area contributed by atoms with Crippen LogP contribution >= 0.6 is 0 Å². The summed E-state index contributed by atoms with van der Waals surface area (Å²) in [6, 6.07) is 0. The summed E-state index contributed by atoms with van der Waals surface area (Å²) in [5.74, 6) is -1.88. The molecule has 0 bridgehead atoms. The van der Waals surface area contributed by atoms with E-state index in [0.29, 0.717) is 38.5 Å². The van der Waals surface area contributed by atoms with Crippen LogP contribution in [0.1, 0.15) is 133 Å². The lowest BCUT2D eigenvalue weighted by Gasteiger charge is -2.69. The first-order chi connectivity index (χ1) is 36.7. The van der Waals surface area contributed by atoms with Gasteiger partial charge in [0.05, 0.1) is 60.2 Å².